The highest BCUT2D eigenvalue weighted by Gasteiger charge is 2.39. The Balaban J connectivity index is 0.709. The summed E-state index contributed by atoms with van der Waals surface area (Å²) in [6.07, 6.45) is 1.70. The molecule has 0 unspecified atom stereocenters. The maximum absolute atomic E-state index is 4.77. The Morgan fingerprint density at radius 2 is 0.632 bits per heavy atom. The highest BCUT2D eigenvalue weighted by atomic mass is 14.8. The van der Waals surface area contributed by atoms with E-state index in [9.17, 15) is 0 Å². The zero-order valence-electron chi connectivity index (χ0n) is 45.2. The van der Waals surface area contributed by atoms with Gasteiger partial charge in [-0.25, -0.2) is 9.97 Å². The molecule has 2 heteroatoms. The van der Waals surface area contributed by atoms with Crippen LogP contribution in [0.1, 0.15) is 103 Å². The fourth-order valence-electron chi connectivity index (χ4n) is 13.8. The van der Waals surface area contributed by atoms with E-state index in [0.29, 0.717) is 0 Å². The molecule has 0 radical (unpaired) electrons. The third kappa shape index (κ3) is 6.40. The summed E-state index contributed by atoms with van der Waals surface area (Å²) in [6.45, 7) is 23.4. The summed E-state index contributed by atoms with van der Waals surface area (Å²) in [6, 6.07) is 67.6. The standard InChI is InChI=1S/C74H60N2/c1-71(2,3)53-31-47-19-21-51-37-61-69(57-29-25-49(33-53)65(47)67(51)57)55-27-23-45(35-59(55)73(61,7)8)41-11-15-43(16-12-41)63-39-64(76-40-75-63)44-17-13-42(14-18-44)46-24-28-56-60(36-46)74(9,10)62-38-52-22-20-48-32-54(72(4,5)6)34-50-26-30-58(70(56)62)68(52)66(48)50/h11-40H,1-10H3. The Hall–Kier alpha value is -8.20. The van der Waals surface area contributed by atoms with Crippen LogP contribution in [0.4, 0.5) is 0 Å². The lowest BCUT2D eigenvalue weighted by atomic mass is 9.79. The van der Waals surface area contributed by atoms with Crippen LogP contribution >= 0.6 is 0 Å². The van der Waals surface area contributed by atoms with Gasteiger partial charge in [-0.3, -0.25) is 0 Å². The zero-order chi connectivity index (χ0) is 51.9. The lowest BCUT2D eigenvalue weighted by Crippen LogP contribution is -2.15. The van der Waals surface area contributed by atoms with E-state index >= 15 is 0 Å². The van der Waals surface area contributed by atoms with Gasteiger partial charge < -0.3 is 0 Å². The van der Waals surface area contributed by atoms with Crippen LogP contribution in [-0.4, -0.2) is 9.97 Å². The summed E-state index contributed by atoms with van der Waals surface area (Å²) in [7, 11) is 0. The molecule has 1 heterocycles. The van der Waals surface area contributed by atoms with Gasteiger partial charge in [0.1, 0.15) is 6.33 Å². The van der Waals surface area contributed by atoms with Gasteiger partial charge in [-0.15, -0.1) is 0 Å². The monoisotopic (exact) mass is 976 g/mol. The molecular formula is C74H60N2. The molecule has 12 aromatic carbocycles. The van der Waals surface area contributed by atoms with Gasteiger partial charge in [0.25, 0.3) is 0 Å². The highest BCUT2D eigenvalue weighted by Crippen LogP contribution is 2.56. The summed E-state index contributed by atoms with van der Waals surface area (Å²) >= 11 is 0. The molecule has 0 amide bonds. The fraction of sp³-hybridized carbons (Fsp3) is 0.189. The van der Waals surface area contributed by atoms with Crippen LogP contribution in [0.15, 0.2) is 182 Å². The first kappa shape index (κ1) is 45.2. The molecule has 0 N–H and O–H groups in total. The average Bonchev–Trinajstić information content (AvgIpc) is 3.79. The number of hydrogen-bond donors (Lipinski definition) is 0. The molecule has 2 aliphatic rings. The van der Waals surface area contributed by atoms with E-state index in [2.05, 4.69) is 245 Å². The van der Waals surface area contributed by atoms with Crippen LogP contribution in [0.3, 0.4) is 0 Å². The number of benzene rings is 12. The number of rotatable bonds is 4. The minimum atomic E-state index is -0.146. The largest absolute Gasteiger partial charge is 0.236 e. The van der Waals surface area contributed by atoms with Crippen molar-refractivity contribution < 1.29 is 0 Å². The van der Waals surface area contributed by atoms with Crippen molar-refractivity contribution in [2.45, 2.75) is 90.9 Å². The lowest BCUT2D eigenvalue weighted by Gasteiger charge is -2.24. The highest BCUT2D eigenvalue weighted by molar-refractivity contribution is 6.28. The molecule has 0 atom stereocenters. The molecule has 1 aromatic heterocycles. The van der Waals surface area contributed by atoms with Gasteiger partial charge in [0, 0.05) is 22.0 Å². The summed E-state index contributed by atoms with van der Waals surface area (Å²) in [5, 5.41) is 16.2. The van der Waals surface area contributed by atoms with Gasteiger partial charge in [0.05, 0.1) is 11.4 Å². The molecule has 15 rings (SSSR count). The predicted octanol–water partition coefficient (Wildman–Crippen LogP) is 20.1. The van der Waals surface area contributed by atoms with E-state index < -0.39 is 0 Å². The summed E-state index contributed by atoms with van der Waals surface area (Å²) in [5.74, 6) is 0. The van der Waals surface area contributed by atoms with Crippen LogP contribution in [0.5, 0.6) is 0 Å². The Bertz CT molecular complexity index is 4280. The van der Waals surface area contributed by atoms with Gasteiger partial charge in [-0.1, -0.05) is 215 Å². The number of nitrogens with zero attached hydrogens (tertiary/aromatic N) is 2. The van der Waals surface area contributed by atoms with E-state index in [1.807, 2.05) is 0 Å². The van der Waals surface area contributed by atoms with E-state index in [4.69, 9.17) is 9.97 Å². The Morgan fingerprint density at radius 3 is 1.00 bits per heavy atom. The predicted molar refractivity (Wildman–Crippen MR) is 324 cm³/mol. The maximum Gasteiger partial charge on any atom is 0.116 e. The van der Waals surface area contributed by atoms with Gasteiger partial charge in [-0.2, -0.15) is 0 Å². The molecule has 0 spiro atoms. The summed E-state index contributed by atoms with van der Waals surface area (Å²) in [5.41, 5.74) is 22.5. The van der Waals surface area contributed by atoms with Crippen LogP contribution < -0.4 is 0 Å². The topological polar surface area (TPSA) is 25.8 Å². The van der Waals surface area contributed by atoms with Crippen molar-refractivity contribution in [1.29, 1.82) is 0 Å². The minimum absolute atomic E-state index is 0.0877. The van der Waals surface area contributed by atoms with Crippen LogP contribution in [0.2, 0.25) is 0 Å². The van der Waals surface area contributed by atoms with Crippen molar-refractivity contribution in [3.63, 3.8) is 0 Å². The lowest BCUT2D eigenvalue weighted by molar-refractivity contribution is 0.591. The van der Waals surface area contributed by atoms with Gasteiger partial charge in [0.15, 0.2) is 0 Å². The Morgan fingerprint density at radius 1 is 0.303 bits per heavy atom. The van der Waals surface area contributed by atoms with E-state index in [1.165, 1.54) is 143 Å². The number of hydrogen-bond acceptors (Lipinski definition) is 2. The third-order valence-electron chi connectivity index (χ3n) is 18.1. The van der Waals surface area contributed by atoms with Gasteiger partial charge >= 0.3 is 0 Å². The van der Waals surface area contributed by atoms with Crippen molar-refractivity contribution >= 4 is 64.6 Å². The van der Waals surface area contributed by atoms with Crippen LogP contribution in [0, 0.1) is 0 Å². The molecule has 0 saturated heterocycles. The van der Waals surface area contributed by atoms with E-state index in [-0.39, 0.29) is 21.7 Å². The smallest absolute Gasteiger partial charge is 0.116 e. The molecule has 2 nitrogen and oxygen atoms in total. The first-order valence-electron chi connectivity index (χ1n) is 27.3. The molecule has 366 valence electrons. The number of aromatic nitrogens is 2. The second-order valence-corrected chi connectivity index (χ2v) is 25.5. The summed E-state index contributed by atoms with van der Waals surface area (Å²) < 4.78 is 0. The normalized spacial score (nSPS) is 14.7. The average molecular weight is 977 g/mol. The second-order valence-electron chi connectivity index (χ2n) is 25.5. The molecule has 0 bridgehead atoms. The number of fused-ring (bicyclic) bond motifs is 8. The third-order valence-corrected chi connectivity index (χ3v) is 18.1. The first-order valence-corrected chi connectivity index (χ1v) is 27.3. The maximum atomic E-state index is 4.77. The van der Waals surface area contributed by atoms with Crippen molar-refractivity contribution in [2.75, 3.05) is 0 Å². The van der Waals surface area contributed by atoms with Gasteiger partial charge in [-0.05, 0) is 184 Å². The SMILES string of the molecule is CC(C)(C)c1cc2ccc3cc4c(c5ccc(c1)c2c35)-c1ccc(-c2ccc(-c3cc(-c5ccc(-c6ccc7c(c6)C(C)(C)c6cc8ccc9cc(C(C)(C)C)cc%10ccc(c6-7)c8c9%10)cc5)ncn3)cc2)cc1C4(C)C. The quantitative estimate of drug-likeness (QED) is 0.164. The van der Waals surface area contributed by atoms with Crippen LogP contribution in [0.25, 0.3) is 132 Å². The molecule has 2 aliphatic carbocycles. The van der Waals surface area contributed by atoms with Gasteiger partial charge in [0.2, 0.25) is 0 Å². The Kier molecular flexibility index (Phi) is 9.06. The van der Waals surface area contributed by atoms with Crippen molar-refractivity contribution in [1.82, 2.24) is 9.97 Å². The molecule has 0 fully saturated rings. The van der Waals surface area contributed by atoms with Crippen molar-refractivity contribution in [2.24, 2.45) is 0 Å². The molecule has 76 heavy (non-hydrogen) atoms. The van der Waals surface area contributed by atoms with Crippen molar-refractivity contribution in [3.8, 4) is 67.0 Å². The zero-order valence-corrected chi connectivity index (χ0v) is 45.2. The fourth-order valence-corrected chi connectivity index (χ4v) is 13.8. The molecule has 13 aromatic rings. The Labute approximate surface area is 445 Å². The van der Waals surface area contributed by atoms with E-state index in [0.717, 1.165) is 22.5 Å². The molecular weight excluding hydrogens is 917 g/mol. The summed E-state index contributed by atoms with van der Waals surface area (Å²) in [4.78, 5) is 9.54. The molecule has 0 saturated carbocycles. The van der Waals surface area contributed by atoms with Crippen molar-refractivity contribution in [3.05, 3.63) is 216 Å². The second kappa shape index (κ2) is 15.2. The molecule has 0 aliphatic heterocycles. The minimum Gasteiger partial charge on any atom is -0.236 e. The first-order chi connectivity index (χ1) is 36.4. The van der Waals surface area contributed by atoms with E-state index in [1.54, 1.807) is 6.33 Å². The van der Waals surface area contributed by atoms with Crippen LogP contribution in [-0.2, 0) is 21.7 Å².